The zero-order chi connectivity index (χ0) is 21.8. The van der Waals surface area contributed by atoms with Gasteiger partial charge in [-0.15, -0.1) is 10.2 Å². The Bertz CT molecular complexity index is 1300. The van der Waals surface area contributed by atoms with Gasteiger partial charge in [-0.1, -0.05) is 53.3 Å². The first-order chi connectivity index (χ1) is 15.8. The van der Waals surface area contributed by atoms with Crippen LogP contribution in [-0.2, 0) is 12.4 Å². The minimum atomic E-state index is 0.302. The predicted octanol–water partition coefficient (Wildman–Crippen LogP) is 5.56. The number of hydrogen-bond acceptors (Lipinski definition) is 8. The lowest BCUT2D eigenvalue weighted by atomic mass is 10.2. The van der Waals surface area contributed by atoms with E-state index in [9.17, 15) is 0 Å². The highest BCUT2D eigenvalue weighted by Gasteiger charge is 2.17. The van der Waals surface area contributed by atoms with Gasteiger partial charge in [-0.05, 0) is 42.1 Å². The van der Waals surface area contributed by atoms with Crippen LogP contribution in [0.15, 0.2) is 81.1 Å². The van der Waals surface area contributed by atoms with Gasteiger partial charge >= 0.3 is 0 Å². The normalized spacial score (nSPS) is 11.0. The fourth-order valence-corrected chi connectivity index (χ4v) is 4.58. The number of rotatable bonds is 8. The molecule has 0 atom stereocenters. The molecule has 0 bridgehead atoms. The average molecular weight is 462 g/mol. The van der Waals surface area contributed by atoms with Gasteiger partial charge in [-0.3, -0.25) is 4.57 Å². The summed E-state index contributed by atoms with van der Waals surface area (Å²) in [6, 6.07) is 19.9. The van der Waals surface area contributed by atoms with E-state index in [1.165, 1.54) is 11.8 Å². The van der Waals surface area contributed by atoms with E-state index in [0.29, 0.717) is 29.9 Å². The van der Waals surface area contributed by atoms with Gasteiger partial charge in [-0.2, -0.15) is 16.3 Å². The second kappa shape index (κ2) is 9.37. The van der Waals surface area contributed by atoms with E-state index < -0.39 is 0 Å². The van der Waals surface area contributed by atoms with Crippen molar-refractivity contribution in [3.05, 3.63) is 88.7 Å². The molecule has 5 rings (SSSR count). The summed E-state index contributed by atoms with van der Waals surface area (Å²) in [4.78, 5) is 4.49. The fourth-order valence-electron chi connectivity index (χ4n) is 3.13. The molecule has 32 heavy (non-hydrogen) atoms. The molecule has 0 aliphatic heterocycles. The Morgan fingerprint density at radius 2 is 1.88 bits per heavy atom. The molecule has 7 nitrogen and oxygen atoms in total. The summed E-state index contributed by atoms with van der Waals surface area (Å²) in [5.74, 6) is 3.17. The van der Waals surface area contributed by atoms with Gasteiger partial charge in [-0.25, -0.2) is 0 Å². The van der Waals surface area contributed by atoms with Crippen LogP contribution in [0.1, 0.15) is 17.3 Å². The molecule has 0 radical (unpaired) electrons. The third-order valence-corrected chi connectivity index (χ3v) is 6.33. The van der Waals surface area contributed by atoms with Crippen LogP contribution in [0, 0.1) is 6.92 Å². The molecule has 0 fully saturated rings. The first kappa shape index (κ1) is 20.5. The van der Waals surface area contributed by atoms with E-state index >= 15 is 0 Å². The minimum Gasteiger partial charge on any atom is -0.485 e. The number of para-hydroxylation sites is 2. The Morgan fingerprint density at radius 3 is 2.69 bits per heavy atom. The Kier molecular flexibility index (Phi) is 6.00. The van der Waals surface area contributed by atoms with Crippen LogP contribution in [0.3, 0.4) is 0 Å². The molecule has 0 saturated heterocycles. The summed E-state index contributed by atoms with van der Waals surface area (Å²) in [6.07, 6.45) is 0. The van der Waals surface area contributed by atoms with E-state index in [1.807, 2.05) is 82.9 Å². The SMILES string of the molecule is Cc1ccccc1OCc1nnc(SCc2nc(-c3ccsc3)no2)n1-c1ccccc1. The largest absolute Gasteiger partial charge is 0.485 e. The van der Waals surface area contributed by atoms with Gasteiger partial charge in [0, 0.05) is 16.6 Å². The van der Waals surface area contributed by atoms with Crippen LogP contribution in [-0.4, -0.2) is 24.9 Å². The number of hydrogen-bond donors (Lipinski definition) is 0. The lowest BCUT2D eigenvalue weighted by molar-refractivity contribution is 0.291. The first-order valence-corrected chi connectivity index (χ1v) is 11.9. The first-order valence-electron chi connectivity index (χ1n) is 9.94. The van der Waals surface area contributed by atoms with Crippen molar-refractivity contribution >= 4 is 23.1 Å². The van der Waals surface area contributed by atoms with Crippen LogP contribution in [0.5, 0.6) is 5.75 Å². The van der Waals surface area contributed by atoms with E-state index in [-0.39, 0.29) is 0 Å². The number of thiophene rings is 1. The summed E-state index contributed by atoms with van der Waals surface area (Å²) in [6.45, 7) is 2.32. The second-order valence-corrected chi connectivity index (χ2v) is 8.66. The zero-order valence-electron chi connectivity index (χ0n) is 17.2. The Morgan fingerprint density at radius 1 is 1.03 bits per heavy atom. The maximum Gasteiger partial charge on any atom is 0.237 e. The number of ether oxygens (including phenoxy) is 1. The topological polar surface area (TPSA) is 78.9 Å². The molecule has 160 valence electrons. The van der Waals surface area contributed by atoms with Crippen LogP contribution in [0.4, 0.5) is 0 Å². The molecule has 0 aliphatic rings. The minimum absolute atomic E-state index is 0.302. The van der Waals surface area contributed by atoms with Crippen LogP contribution in [0.25, 0.3) is 17.1 Å². The molecule has 0 saturated carbocycles. The third kappa shape index (κ3) is 4.44. The number of nitrogens with zero attached hydrogens (tertiary/aromatic N) is 5. The molecule has 3 heterocycles. The third-order valence-electron chi connectivity index (χ3n) is 4.74. The van der Waals surface area contributed by atoms with E-state index in [0.717, 1.165) is 27.7 Å². The summed E-state index contributed by atoms with van der Waals surface area (Å²) in [5, 5.41) is 17.6. The second-order valence-electron chi connectivity index (χ2n) is 6.94. The van der Waals surface area contributed by atoms with Crippen molar-refractivity contribution in [2.45, 2.75) is 24.4 Å². The van der Waals surface area contributed by atoms with E-state index in [4.69, 9.17) is 9.26 Å². The molecule has 5 aromatic rings. The molecular weight excluding hydrogens is 442 g/mol. The summed E-state index contributed by atoms with van der Waals surface area (Å²) < 4.78 is 13.5. The molecule has 3 aromatic heterocycles. The van der Waals surface area contributed by atoms with Crippen molar-refractivity contribution in [1.82, 2.24) is 24.9 Å². The van der Waals surface area contributed by atoms with Crippen molar-refractivity contribution < 1.29 is 9.26 Å². The Hall–Kier alpha value is -3.43. The number of benzene rings is 2. The molecular formula is C23H19N5O2S2. The quantitative estimate of drug-likeness (QED) is 0.280. The molecule has 0 aliphatic carbocycles. The van der Waals surface area contributed by atoms with Crippen LogP contribution in [0.2, 0.25) is 0 Å². The van der Waals surface area contributed by atoms with Gasteiger partial charge in [0.25, 0.3) is 0 Å². The number of aryl methyl sites for hydroxylation is 1. The van der Waals surface area contributed by atoms with Crippen molar-refractivity contribution in [3.63, 3.8) is 0 Å². The smallest absolute Gasteiger partial charge is 0.237 e. The van der Waals surface area contributed by atoms with Gasteiger partial charge in [0.2, 0.25) is 11.7 Å². The highest BCUT2D eigenvalue weighted by molar-refractivity contribution is 7.98. The monoisotopic (exact) mass is 461 g/mol. The summed E-state index contributed by atoms with van der Waals surface area (Å²) >= 11 is 3.09. The predicted molar refractivity (Wildman–Crippen MR) is 124 cm³/mol. The van der Waals surface area contributed by atoms with Gasteiger partial charge < -0.3 is 9.26 Å². The van der Waals surface area contributed by atoms with Crippen LogP contribution >= 0.6 is 23.1 Å². The Balaban J connectivity index is 1.37. The summed E-state index contributed by atoms with van der Waals surface area (Å²) in [7, 11) is 0. The van der Waals surface area contributed by atoms with Gasteiger partial charge in [0.15, 0.2) is 11.0 Å². The van der Waals surface area contributed by atoms with E-state index in [1.54, 1.807) is 11.3 Å². The lowest BCUT2D eigenvalue weighted by Crippen LogP contribution is -2.07. The van der Waals surface area contributed by atoms with Crippen molar-refractivity contribution in [3.8, 4) is 22.8 Å². The average Bonchev–Trinajstić information content (AvgIpc) is 3.58. The molecule has 2 aromatic carbocycles. The molecule has 0 amide bonds. The lowest BCUT2D eigenvalue weighted by Gasteiger charge is -2.11. The number of aromatic nitrogens is 5. The van der Waals surface area contributed by atoms with Crippen molar-refractivity contribution in [2.75, 3.05) is 0 Å². The molecule has 0 spiro atoms. The molecule has 9 heteroatoms. The summed E-state index contributed by atoms with van der Waals surface area (Å²) in [5.41, 5.74) is 3.00. The fraction of sp³-hybridized carbons (Fsp3) is 0.130. The highest BCUT2D eigenvalue weighted by atomic mass is 32.2. The van der Waals surface area contributed by atoms with Crippen molar-refractivity contribution in [2.24, 2.45) is 0 Å². The molecule has 0 N–H and O–H groups in total. The molecule has 0 unspecified atom stereocenters. The van der Waals surface area contributed by atoms with Gasteiger partial charge in [0.1, 0.15) is 12.4 Å². The number of thioether (sulfide) groups is 1. The van der Waals surface area contributed by atoms with Gasteiger partial charge in [0.05, 0.1) is 5.75 Å². The standard InChI is InChI=1S/C23H19N5O2S2/c1-16-7-5-6-10-19(16)29-13-20-25-26-23(28(20)18-8-3-2-4-9-18)32-15-21-24-22(27-30-21)17-11-12-31-14-17/h2-12,14H,13,15H2,1H3. The Labute approximate surface area is 193 Å². The maximum absolute atomic E-state index is 6.03. The van der Waals surface area contributed by atoms with E-state index in [2.05, 4.69) is 20.3 Å². The highest BCUT2D eigenvalue weighted by Crippen LogP contribution is 2.27. The zero-order valence-corrected chi connectivity index (χ0v) is 18.8. The maximum atomic E-state index is 6.03. The van der Waals surface area contributed by atoms with Crippen molar-refractivity contribution in [1.29, 1.82) is 0 Å². The van der Waals surface area contributed by atoms with Crippen LogP contribution < -0.4 is 4.74 Å².